The molecule has 0 aromatic heterocycles. The highest BCUT2D eigenvalue weighted by Gasteiger charge is 2.23. The summed E-state index contributed by atoms with van der Waals surface area (Å²) >= 11 is 0. The summed E-state index contributed by atoms with van der Waals surface area (Å²) in [6, 6.07) is 9.11. The third kappa shape index (κ3) is 2.91. The number of carbonyl (C=O) groups excluding carboxylic acids is 1. The average Bonchev–Trinajstić information content (AvgIpc) is 3.20. The predicted molar refractivity (Wildman–Crippen MR) is 71.2 cm³/mol. The van der Waals surface area contributed by atoms with Crippen LogP contribution in [0.5, 0.6) is 0 Å². The Labute approximate surface area is 108 Å². The van der Waals surface area contributed by atoms with Gasteiger partial charge in [-0.25, -0.2) is 0 Å². The standard InChI is InChI=1S/C15H20N2O/c18-15(16-14-5-6-14)8-10-17-9-7-12-3-1-2-4-13(12)11-17/h1-4,14H,5-11H2,(H,16,18). The van der Waals surface area contributed by atoms with E-state index in [0.29, 0.717) is 12.5 Å². The van der Waals surface area contributed by atoms with Gasteiger partial charge in [-0.15, -0.1) is 0 Å². The van der Waals surface area contributed by atoms with Crippen LogP contribution in [0.2, 0.25) is 0 Å². The predicted octanol–water partition coefficient (Wildman–Crippen LogP) is 1.71. The molecule has 1 aliphatic carbocycles. The van der Waals surface area contributed by atoms with Crippen molar-refractivity contribution in [3.05, 3.63) is 35.4 Å². The maximum absolute atomic E-state index is 11.6. The fourth-order valence-corrected chi connectivity index (χ4v) is 2.53. The number of hydrogen-bond donors (Lipinski definition) is 1. The molecular formula is C15H20N2O. The Morgan fingerprint density at radius 1 is 1.28 bits per heavy atom. The van der Waals surface area contributed by atoms with Gasteiger partial charge in [-0.1, -0.05) is 24.3 Å². The van der Waals surface area contributed by atoms with E-state index in [1.165, 1.54) is 24.0 Å². The molecule has 1 saturated carbocycles. The van der Waals surface area contributed by atoms with E-state index in [0.717, 1.165) is 26.1 Å². The first-order valence-corrected chi connectivity index (χ1v) is 6.90. The second-order valence-electron chi connectivity index (χ2n) is 5.39. The van der Waals surface area contributed by atoms with Crippen molar-refractivity contribution in [3.8, 4) is 0 Å². The molecule has 1 aromatic rings. The lowest BCUT2D eigenvalue weighted by Gasteiger charge is -2.28. The van der Waals surface area contributed by atoms with Gasteiger partial charge in [0.1, 0.15) is 0 Å². The number of rotatable bonds is 4. The minimum absolute atomic E-state index is 0.219. The molecule has 0 atom stereocenters. The van der Waals surface area contributed by atoms with Crippen molar-refractivity contribution in [1.29, 1.82) is 0 Å². The summed E-state index contributed by atoms with van der Waals surface area (Å²) in [6.45, 7) is 2.95. The molecule has 3 nitrogen and oxygen atoms in total. The summed E-state index contributed by atoms with van der Waals surface area (Å²) in [5.41, 5.74) is 2.89. The van der Waals surface area contributed by atoms with Crippen LogP contribution in [0.1, 0.15) is 30.4 Å². The van der Waals surface area contributed by atoms with Gasteiger partial charge in [-0.05, 0) is 30.4 Å². The van der Waals surface area contributed by atoms with Gasteiger partial charge >= 0.3 is 0 Å². The zero-order chi connectivity index (χ0) is 12.4. The molecular weight excluding hydrogens is 224 g/mol. The highest BCUT2D eigenvalue weighted by molar-refractivity contribution is 5.76. The number of fused-ring (bicyclic) bond motifs is 1. The van der Waals surface area contributed by atoms with E-state index in [4.69, 9.17) is 0 Å². The van der Waals surface area contributed by atoms with Crippen LogP contribution in [0.25, 0.3) is 0 Å². The number of nitrogens with one attached hydrogen (secondary N) is 1. The highest BCUT2D eigenvalue weighted by Crippen LogP contribution is 2.20. The van der Waals surface area contributed by atoms with Crippen LogP contribution in [0, 0.1) is 0 Å². The third-order valence-corrected chi connectivity index (χ3v) is 3.81. The molecule has 96 valence electrons. The molecule has 0 bridgehead atoms. The maximum atomic E-state index is 11.6. The Balaban J connectivity index is 1.48. The lowest BCUT2D eigenvalue weighted by atomic mass is 10.00. The van der Waals surface area contributed by atoms with Crippen molar-refractivity contribution in [2.45, 2.75) is 38.3 Å². The van der Waals surface area contributed by atoms with Crippen LogP contribution in [0.4, 0.5) is 0 Å². The van der Waals surface area contributed by atoms with Crippen molar-refractivity contribution in [2.24, 2.45) is 0 Å². The highest BCUT2D eigenvalue weighted by atomic mass is 16.1. The SMILES string of the molecule is O=C(CCN1CCc2ccccc2C1)NC1CC1. The fraction of sp³-hybridized carbons (Fsp3) is 0.533. The van der Waals surface area contributed by atoms with E-state index in [9.17, 15) is 4.79 Å². The van der Waals surface area contributed by atoms with Crippen molar-refractivity contribution >= 4 is 5.91 Å². The summed E-state index contributed by atoms with van der Waals surface area (Å²) in [7, 11) is 0. The van der Waals surface area contributed by atoms with Gasteiger partial charge in [-0.2, -0.15) is 0 Å². The molecule has 1 amide bonds. The maximum Gasteiger partial charge on any atom is 0.221 e. The molecule has 1 N–H and O–H groups in total. The molecule has 3 rings (SSSR count). The summed E-state index contributed by atoms with van der Waals surface area (Å²) in [4.78, 5) is 14.0. The van der Waals surface area contributed by atoms with Crippen LogP contribution in [0.15, 0.2) is 24.3 Å². The first kappa shape index (κ1) is 11.7. The Bertz CT molecular complexity index is 440. The zero-order valence-corrected chi connectivity index (χ0v) is 10.7. The zero-order valence-electron chi connectivity index (χ0n) is 10.7. The first-order valence-electron chi connectivity index (χ1n) is 6.90. The van der Waals surface area contributed by atoms with Crippen molar-refractivity contribution < 1.29 is 4.79 Å². The molecule has 1 heterocycles. The fourth-order valence-electron chi connectivity index (χ4n) is 2.53. The van der Waals surface area contributed by atoms with Crippen LogP contribution >= 0.6 is 0 Å². The number of hydrogen-bond acceptors (Lipinski definition) is 2. The second kappa shape index (κ2) is 5.11. The van der Waals surface area contributed by atoms with Gasteiger partial charge in [-0.3, -0.25) is 9.69 Å². The normalized spacial score (nSPS) is 19.3. The van der Waals surface area contributed by atoms with E-state index < -0.39 is 0 Å². The molecule has 2 aliphatic rings. The Morgan fingerprint density at radius 3 is 2.83 bits per heavy atom. The number of amides is 1. The van der Waals surface area contributed by atoms with E-state index in [1.807, 2.05) is 0 Å². The van der Waals surface area contributed by atoms with Gasteiger partial charge < -0.3 is 5.32 Å². The van der Waals surface area contributed by atoms with Crippen molar-refractivity contribution in [3.63, 3.8) is 0 Å². The lowest BCUT2D eigenvalue weighted by Crippen LogP contribution is -2.35. The van der Waals surface area contributed by atoms with E-state index in [-0.39, 0.29) is 5.91 Å². The lowest BCUT2D eigenvalue weighted by molar-refractivity contribution is -0.121. The van der Waals surface area contributed by atoms with Gasteiger partial charge in [0, 0.05) is 32.1 Å². The number of benzene rings is 1. The summed E-state index contributed by atoms with van der Waals surface area (Å²) in [5, 5.41) is 3.05. The molecule has 1 fully saturated rings. The van der Waals surface area contributed by atoms with E-state index in [1.54, 1.807) is 0 Å². The first-order chi connectivity index (χ1) is 8.81. The van der Waals surface area contributed by atoms with Crippen molar-refractivity contribution in [1.82, 2.24) is 10.2 Å². The average molecular weight is 244 g/mol. The molecule has 1 aromatic carbocycles. The smallest absolute Gasteiger partial charge is 0.221 e. The molecule has 0 radical (unpaired) electrons. The van der Waals surface area contributed by atoms with E-state index >= 15 is 0 Å². The van der Waals surface area contributed by atoms with Gasteiger partial charge in [0.25, 0.3) is 0 Å². The number of nitrogens with zero attached hydrogens (tertiary/aromatic N) is 1. The third-order valence-electron chi connectivity index (χ3n) is 3.81. The second-order valence-corrected chi connectivity index (χ2v) is 5.39. The van der Waals surface area contributed by atoms with Crippen LogP contribution < -0.4 is 5.32 Å². The monoisotopic (exact) mass is 244 g/mol. The van der Waals surface area contributed by atoms with Gasteiger partial charge in [0.2, 0.25) is 5.91 Å². The Morgan fingerprint density at radius 2 is 2.06 bits per heavy atom. The molecule has 0 saturated heterocycles. The molecule has 0 spiro atoms. The summed E-state index contributed by atoms with van der Waals surface area (Å²) < 4.78 is 0. The minimum atomic E-state index is 0.219. The summed E-state index contributed by atoms with van der Waals surface area (Å²) in [6.07, 6.45) is 4.09. The quantitative estimate of drug-likeness (QED) is 0.874. The van der Waals surface area contributed by atoms with E-state index in [2.05, 4.69) is 34.5 Å². The number of carbonyl (C=O) groups is 1. The summed E-state index contributed by atoms with van der Waals surface area (Å²) in [5.74, 6) is 0.219. The molecule has 3 heteroatoms. The van der Waals surface area contributed by atoms with Gasteiger partial charge in [0.15, 0.2) is 0 Å². The minimum Gasteiger partial charge on any atom is -0.353 e. The Kier molecular flexibility index (Phi) is 3.33. The van der Waals surface area contributed by atoms with Crippen LogP contribution in [0.3, 0.4) is 0 Å². The molecule has 0 unspecified atom stereocenters. The van der Waals surface area contributed by atoms with Crippen LogP contribution in [-0.2, 0) is 17.8 Å². The molecule has 1 aliphatic heterocycles. The Hall–Kier alpha value is -1.35. The van der Waals surface area contributed by atoms with Crippen molar-refractivity contribution in [2.75, 3.05) is 13.1 Å². The largest absolute Gasteiger partial charge is 0.353 e. The van der Waals surface area contributed by atoms with Crippen LogP contribution in [-0.4, -0.2) is 29.9 Å². The molecule has 18 heavy (non-hydrogen) atoms. The topological polar surface area (TPSA) is 32.3 Å². The van der Waals surface area contributed by atoms with Gasteiger partial charge in [0.05, 0.1) is 0 Å².